The topological polar surface area (TPSA) is 32.7 Å². The number of carbonyl (C=O) groups excluding carboxylic acids is 1. The van der Waals surface area contributed by atoms with E-state index in [1.54, 1.807) is 16.2 Å². The van der Waals surface area contributed by atoms with Crippen molar-refractivity contribution in [3.05, 3.63) is 82.6 Å². The maximum atomic E-state index is 12.7. The van der Waals surface area contributed by atoms with Crippen molar-refractivity contribution in [2.75, 3.05) is 4.90 Å². The average molecular weight is 304 g/mol. The molecule has 0 unspecified atom stereocenters. The van der Waals surface area contributed by atoms with Gasteiger partial charge in [-0.1, -0.05) is 36.4 Å². The van der Waals surface area contributed by atoms with E-state index in [0.29, 0.717) is 5.84 Å². The molecule has 0 radical (unpaired) electrons. The third kappa shape index (κ3) is 2.05. The molecule has 4 heteroatoms. The molecule has 106 valence electrons. The highest BCUT2D eigenvalue weighted by molar-refractivity contribution is 7.13. The number of thiophene rings is 1. The molecular formula is C18H12N2OS. The number of fused-ring (bicyclic) bond motifs is 1. The molecule has 22 heavy (non-hydrogen) atoms. The van der Waals surface area contributed by atoms with Gasteiger partial charge >= 0.3 is 0 Å². The maximum absolute atomic E-state index is 12.7. The molecule has 0 fully saturated rings. The normalized spacial score (nSPS) is 15.4. The number of para-hydroxylation sites is 2. The van der Waals surface area contributed by atoms with Gasteiger partial charge in [0.05, 0.1) is 21.8 Å². The Morgan fingerprint density at radius 3 is 2.27 bits per heavy atom. The molecule has 0 saturated heterocycles. The highest BCUT2D eigenvalue weighted by Gasteiger charge is 2.36. The van der Waals surface area contributed by atoms with E-state index >= 15 is 0 Å². The Morgan fingerprint density at radius 2 is 1.55 bits per heavy atom. The molecule has 1 aliphatic rings. The zero-order chi connectivity index (χ0) is 14.9. The minimum absolute atomic E-state index is 0.0165. The first-order valence-electron chi connectivity index (χ1n) is 6.96. The van der Waals surface area contributed by atoms with Crippen molar-refractivity contribution in [1.29, 1.82) is 0 Å². The van der Waals surface area contributed by atoms with Crippen LogP contribution in [0.4, 0.5) is 11.4 Å². The number of amidine groups is 1. The Balaban J connectivity index is 1.89. The van der Waals surface area contributed by atoms with Crippen LogP contribution in [-0.2, 0) is 0 Å². The number of carbonyl (C=O) groups is 1. The summed E-state index contributed by atoms with van der Waals surface area (Å²) in [6, 6.07) is 21.2. The van der Waals surface area contributed by atoms with E-state index in [4.69, 9.17) is 4.99 Å². The van der Waals surface area contributed by atoms with Gasteiger partial charge in [-0.15, -0.1) is 11.3 Å². The van der Waals surface area contributed by atoms with Crippen LogP contribution in [0.3, 0.4) is 0 Å². The first kappa shape index (κ1) is 13.0. The second-order valence-electron chi connectivity index (χ2n) is 4.91. The summed E-state index contributed by atoms with van der Waals surface area (Å²) in [7, 11) is 0. The van der Waals surface area contributed by atoms with Gasteiger partial charge in [0.1, 0.15) is 0 Å². The van der Waals surface area contributed by atoms with E-state index in [0.717, 1.165) is 21.8 Å². The van der Waals surface area contributed by atoms with E-state index in [9.17, 15) is 4.79 Å². The standard InChI is InChI=1S/C18H12N2OS/c21-18-15-11-12-22-16(15)17(19-13-7-3-1-4-8-13)20(18)14-9-5-2-6-10-14/h1-12H. The van der Waals surface area contributed by atoms with Gasteiger partial charge in [0.15, 0.2) is 5.84 Å². The van der Waals surface area contributed by atoms with Crippen LogP contribution in [0.2, 0.25) is 0 Å². The predicted molar refractivity (Wildman–Crippen MR) is 90.2 cm³/mol. The zero-order valence-corrected chi connectivity index (χ0v) is 12.5. The fraction of sp³-hybridized carbons (Fsp3) is 0. The average Bonchev–Trinajstić information content (AvgIpc) is 3.13. The molecule has 1 aromatic heterocycles. The SMILES string of the molecule is O=C1c2ccsc2C(=Nc2ccccc2)N1c1ccccc1. The molecule has 0 N–H and O–H groups in total. The van der Waals surface area contributed by atoms with Gasteiger partial charge in [0.25, 0.3) is 5.91 Å². The van der Waals surface area contributed by atoms with Crippen molar-refractivity contribution in [1.82, 2.24) is 0 Å². The van der Waals surface area contributed by atoms with Crippen molar-refractivity contribution in [2.45, 2.75) is 0 Å². The van der Waals surface area contributed by atoms with Crippen LogP contribution < -0.4 is 4.90 Å². The predicted octanol–water partition coefficient (Wildman–Crippen LogP) is 4.49. The van der Waals surface area contributed by atoms with Gasteiger partial charge in [-0.25, -0.2) is 4.99 Å². The zero-order valence-electron chi connectivity index (χ0n) is 11.6. The third-order valence-corrected chi connectivity index (χ3v) is 4.43. The van der Waals surface area contributed by atoms with Crippen LogP contribution in [-0.4, -0.2) is 11.7 Å². The van der Waals surface area contributed by atoms with Gasteiger partial charge in [-0.05, 0) is 35.7 Å². The number of hydrogen-bond donors (Lipinski definition) is 0. The minimum Gasteiger partial charge on any atom is -0.268 e. The molecule has 0 saturated carbocycles. The van der Waals surface area contributed by atoms with Gasteiger partial charge in [-0.2, -0.15) is 0 Å². The molecule has 3 aromatic rings. The highest BCUT2D eigenvalue weighted by Crippen LogP contribution is 2.33. The molecular weight excluding hydrogens is 292 g/mol. The summed E-state index contributed by atoms with van der Waals surface area (Å²) in [5.74, 6) is 0.685. The van der Waals surface area contributed by atoms with Crippen molar-refractivity contribution >= 4 is 34.5 Å². The van der Waals surface area contributed by atoms with Crippen LogP contribution in [0.15, 0.2) is 77.1 Å². The summed E-state index contributed by atoms with van der Waals surface area (Å²) in [4.78, 5) is 20.0. The Labute approximate surface area is 132 Å². The van der Waals surface area contributed by atoms with Gasteiger partial charge in [0, 0.05) is 0 Å². The Morgan fingerprint density at radius 1 is 0.864 bits per heavy atom. The minimum atomic E-state index is -0.0165. The molecule has 1 aliphatic heterocycles. The summed E-state index contributed by atoms with van der Waals surface area (Å²) in [6.07, 6.45) is 0. The maximum Gasteiger partial charge on any atom is 0.265 e. The monoisotopic (exact) mass is 304 g/mol. The fourth-order valence-electron chi connectivity index (χ4n) is 2.51. The van der Waals surface area contributed by atoms with Crippen molar-refractivity contribution in [3.8, 4) is 0 Å². The van der Waals surface area contributed by atoms with E-state index in [1.165, 1.54) is 0 Å². The van der Waals surface area contributed by atoms with Crippen LogP contribution >= 0.6 is 11.3 Å². The number of anilines is 1. The smallest absolute Gasteiger partial charge is 0.265 e. The molecule has 0 bridgehead atoms. The molecule has 4 rings (SSSR count). The van der Waals surface area contributed by atoms with Crippen LogP contribution in [0.5, 0.6) is 0 Å². The van der Waals surface area contributed by atoms with Gasteiger partial charge in [0.2, 0.25) is 0 Å². The van der Waals surface area contributed by atoms with Crippen molar-refractivity contribution in [3.63, 3.8) is 0 Å². The van der Waals surface area contributed by atoms with Crippen LogP contribution in [0.25, 0.3) is 0 Å². The molecule has 1 amide bonds. The summed E-state index contributed by atoms with van der Waals surface area (Å²) in [5, 5.41) is 1.94. The molecule has 0 aliphatic carbocycles. The van der Waals surface area contributed by atoms with E-state index in [1.807, 2.05) is 72.1 Å². The molecule has 0 atom stereocenters. The van der Waals surface area contributed by atoms with E-state index in [-0.39, 0.29) is 5.91 Å². The number of aliphatic imine (C=N–C) groups is 1. The Bertz CT molecular complexity index is 853. The molecule has 3 nitrogen and oxygen atoms in total. The second-order valence-corrected chi connectivity index (χ2v) is 5.83. The number of nitrogens with zero attached hydrogens (tertiary/aromatic N) is 2. The highest BCUT2D eigenvalue weighted by atomic mass is 32.1. The van der Waals surface area contributed by atoms with Gasteiger partial charge in [-0.3, -0.25) is 9.69 Å². The lowest BCUT2D eigenvalue weighted by Crippen LogP contribution is -2.30. The van der Waals surface area contributed by atoms with Crippen molar-refractivity contribution in [2.24, 2.45) is 4.99 Å². The summed E-state index contributed by atoms with van der Waals surface area (Å²) in [6.45, 7) is 0. The van der Waals surface area contributed by atoms with E-state index < -0.39 is 0 Å². The quantitative estimate of drug-likeness (QED) is 0.686. The molecule has 0 spiro atoms. The Kier molecular flexibility index (Phi) is 3.09. The van der Waals surface area contributed by atoms with E-state index in [2.05, 4.69) is 0 Å². The summed E-state index contributed by atoms with van der Waals surface area (Å²) >= 11 is 1.55. The second kappa shape index (κ2) is 5.24. The fourth-order valence-corrected chi connectivity index (χ4v) is 3.38. The number of benzene rings is 2. The third-order valence-electron chi connectivity index (χ3n) is 3.52. The number of hydrogen-bond acceptors (Lipinski definition) is 3. The molecule has 2 heterocycles. The first-order valence-corrected chi connectivity index (χ1v) is 7.84. The lowest BCUT2D eigenvalue weighted by atomic mass is 10.3. The number of rotatable bonds is 2. The summed E-state index contributed by atoms with van der Waals surface area (Å²) < 4.78 is 0. The first-order chi connectivity index (χ1) is 10.8. The van der Waals surface area contributed by atoms with Crippen molar-refractivity contribution < 1.29 is 4.79 Å². The lowest BCUT2D eigenvalue weighted by molar-refractivity contribution is 0.101. The van der Waals surface area contributed by atoms with Crippen LogP contribution in [0.1, 0.15) is 15.2 Å². The number of amides is 1. The lowest BCUT2D eigenvalue weighted by Gasteiger charge is -2.17. The Hall–Kier alpha value is -2.72. The largest absolute Gasteiger partial charge is 0.268 e. The molecule has 2 aromatic carbocycles. The van der Waals surface area contributed by atoms with Crippen LogP contribution in [0, 0.1) is 0 Å². The summed E-state index contributed by atoms with van der Waals surface area (Å²) in [5.41, 5.74) is 2.40. The van der Waals surface area contributed by atoms with Gasteiger partial charge < -0.3 is 0 Å².